The van der Waals surface area contributed by atoms with Gasteiger partial charge in [-0.1, -0.05) is 6.92 Å². The second-order valence-electron chi connectivity index (χ2n) is 6.22. The Morgan fingerprint density at radius 1 is 1.17 bits per heavy atom. The summed E-state index contributed by atoms with van der Waals surface area (Å²) in [7, 11) is 1.67. The highest BCUT2D eigenvalue weighted by atomic mass is 16.5. The number of methoxy groups -OCH3 is 1. The molecule has 0 aliphatic carbocycles. The van der Waals surface area contributed by atoms with Gasteiger partial charge in [-0.15, -0.1) is 0 Å². The number of piperidine rings is 1. The number of nitrogens with zero attached hydrogens (tertiary/aromatic N) is 2. The first-order chi connectivity index (χ1) is 11.8. The fraction of sp³-hybridized carbons (Fsp3) is 0.474. The minimum Gasteiger partial charge on any atom is -0.497 e. The molecule has 1 saturated heterocycles. The number of ether oxygens (including phenoxy) is 1. The zero-order chi connectivity index (χ0) is 16.8. The van der Waals surface area contributed by atoms with Gasteiger partial charge in [0.25, 0.3) is 0 Å². The minimum absolute atomic E-state index is 0.718. The molecule has 0 bridgehead atoms. The molecule has 24 heavy (non-hydrogen) atoms. The van der Waals surface area contributed by atoms with Crippen LogP contribution in [0.3, 0.4) is 0 Å². The van der Waals surface area contributed by atoms with Crippen LogP contribution in [0.2, 0.25) is 0 Å². The lowest BCUT2D eigenvalue weighted by Crippen LogP contribution is -2.31. The van der Waals surface area contributed by atoms with Crippen molar-refractivity contribution >= 4 is 5.82 Å². The SMILES string of the molecule is CCc1cc(NCC2CCNCC2)nc(-c2ccc(OC)cc2)n1. The van der Waals surface area contributed by atoms with Gasteiger partial charge in [-0.2, -0.15) is 0 Å². The molecule has 0 saturated carbocycles. The lowest BCUT2D eigenvalue weighted by molar-refractivity contribution is 0.389. The molecule has 3 rings (SSSR count). The van der Waals surface area contributed by atoms with Crippen LogP contribution in [-0.2, 0) is 6.42 Å². The Morgan fingerprint density at radius 2 is 1.92 bits per heavy atom. The Kier molecular flexibility index (Phi) is 5.64. The third-order valence-corrected chi connectivity index (χ3v) is 4.52. The molecule has 0 amide bonds. The van der Waals surface area contributed by atoms with E-state index in [1.54, 1.807) is 7.11 Å². The quantitative estimate of drug-likeness (QED) is 0.854. The lowest BCUT2D eigenvalue weighted by Gasteiger charge is -2.23. The van der Waals surface area contributed by atoms with Crippen molar-refractivity contribution in [3.05, 3.63) is 36.0 Å². The van der Waals surface area contributed by atoms with E-state index in [9.17, 15) is 0 Å². The molecule has 1 aromatic heterocycles. The van der Waals surface area contributed by atoms with E-state index in [1.807, 2.05) is 24.3 Å². The smallest absolute Gasteiger partial charge is 0.161 e. The van der Waals surface area contributed by atoms with Crippen LogP contribution in [0.5, 0.6) is 5.75 Å². The van der Waals surface area contributed by atoms with Crippen molar-refractivity contribution in [2.75, 3.05) is 32.1 Å². The van der Waals surface area contributed by atoms with Gasteiger partial charge in [-0.3, -0.25) is 0 Å². The molecule has 1 aliphatic rings. The van der Waals surface area contributed by atoms with Crippen molar-refractivity contribution in [3.8, 4) is 17.1 Å². The van der Waals surface area contributed by atoms with Crippen LogP contribution in [0.15, 0.2) is 30.3 Å². The van der Waals surface area contributed by atoms with Crippen LogP contribution in [0.1, 0.15) is 25.5 Å². The van der Waals surface area contributed by atoms with Crippen LogP contribution in [-0.4, -0.2) is 36.7 Å². The summed E-state index contributed by atoms with van der Waals surface area (Å²) in [5.41, 5.74) is 2.07. The van der Waals surface area contributed by atoms with Gasteiger partial charge < -0.3 is 15.4 Å². The van der Waals surface area contributed by atoms with E-state index >= 15 is 0 Å². The topological polar surface area (TPSA) is 59.1 Å². The monoisotopic (exact) mass is 326 g/mol. The summed E-state index contributed by atoms with van der Waals surface area (Å²) in [6, 6.07) is 9.96. The summed E-state index contributed by atoms with van der Waals surface area (Å²) in [6.07, 6.45) is 3.35. The summed E-state index contributed by atoms with van der Waals surface area (Å²) in [5.74, 6) is 3.25. The van der Waals surface area contributed by atoms with Gasteiger partial charge in [-0.05, 0) is 62.5 Å². The molecule has 2 heterocycles. The maximum Gasteiger partial charge on any atom is 0.161 e. The number of aryl methyl sites for hydroxylation is 1. The summed E-state index contributed by atoms with van der Waals surface area (Å²) in [6.45, 7) is 5.33. The lowest BCUT2D eigenvalue weighted by atomic mass is 9.98. The Hall–Kier alpha value is -2.14. The molecule has 0 spiro atoms. The Morgan fingerprint density at radius 3 is 2.58 bits per heavy atom. The van der Waals surface area contributed by atoms with Crippen molar-refractivity contribution in [2.45, 2.75) is 26.2 Å². The highest BCUT2D eigenvalue weighted by Gasteiger charge is 2.13. The Labute approximate surface area is 143 Å². The molecule has 0 unspecified atom stereocenters. The van der Waals surface area contributed by atoms with Gasteiger partial charge in [0.15, 0.2) is 5.82 Å². The van der Waals surface area contributed by atoms with Crippen molar-refractivity contribution in [2.24, 2.45) is 5.92 Å². The maximum atomic E-state index is 5.22. The minimum atomic E-state index is 0.718. The molecule has 1 aromatic carbocycles. The largest absolute Gasteiger partial charge is 0.497 e. The van der Waals surface area contributed by atoms with E-state index in [0.717, 1.165) is 60.6 Å². The zero-order valence-electron chi connectivity index (χ0n) is 14.5. The van der Waals surface area contributed by atoms with Gasteiger partial charge in [0.2, 0.25) is 0 Å². The van der Waals surface area contributed by atoms with E-state index in [-0.39, 0.29) is 0 Å². The van der Waals surface area contributed by atoms with Crippen LogP contribution in [0.25, 0.3) is 11.4 Å². The van der Waals surface area contributed by atoms with Crippen LogP contribution in [0, 0.1) is 5.92 Å². The normalized spacial score (nSPS) is 15.2. The maximum absolute atomic E-state index is 5.22. The van der Waals surface area contributed by atoms with Crippen molar-refractivity contribution in [1.29, 1.82) is 0 Å². The number of hydrogen-bond donors (Lipinski definition) is 2. The van der Waals surface area contributed by atoms with Crippen LogP contribution in [0.4, 0.5) is 5.82 Å². The van der Waals surface area contributed by atoms with Crippen LogP contribution >= 0.6 is 0 Å². The molecule has 0 radical (unpaired) electrons. The molecule has 2 aromatic rings. The first-order valence-corrected chi connectivity index (χ1v) is 8.75. The summed E-state index contributed by atoms with van der Waals surface area (Å²) in [5, 5.41) is 6.93. The highest BCUT2D eigenvalue weighted by Crippen LogP contribution is 2.22. The number of benzene rings is 1. The van der Waals surface area contributed by atoms with Crippen molar-refractivity contribution in [3.63, 3.8) is 0 Å². The third-order valence-electron chi connectivity index (χ3n) is 4.52. The van der Waals surface area contributed by atoms with E-state index < -0.39 is 0 Å². The average Bonchev–Trinajstić information content (AvgIpc) is 2.67. The van der Waals surface area contributed by atoms with Gasteiger partial charge >= 0.3 is 0 Å². The number of anilines is 1. The Bertz CT molecular complexity index is 651. The fourth-order valence-electron chi connectivity index (χ4n) is 2.97. The van der Waals surface area contributed by atoms with Gasteiger partial charge in [-0.25, -0.2) is 9.97 Å². The van der Waals surface area contributed by atoms with E-state index in [0.29, 0.717) is 0 Å². The first-order valence-electron chi connectivity index (χ1n) is 8.75. The summed E-state index contributed by atoms with van der Waals surface area (Å²) >= 11 is 0. The van der Waals surface area contributed by atoms with Crippen molar-refractivity contribution < 1.29 is 4.74 Å². The number of nitrogens with one attached hydrogen (secondary N) is 2. The highest BCUT2D eigenvalue weighted by molar-refractivity contribution is 5.58. The van der Waals surface area contributed by atoms with Gasteiger partial charge in [0.05, 0.1) is 7.11 Å². The second kappa shape index (κ2) is 8.11. The van der Waals surface area contributed by atoms with E-state index in [4.69, 9.17) is 9.72 Å². The average molecular weight is 326 g/mol. The molecule has 128 valence electrons. The molecule has 0 atom stereocenters. The Balaban J connectivity index is 1.76. The second-order valence-corrected chi connectivity index (χ2v) is 6.22. The van der Waals surface area contributed by atoms with Gasteiger partial charge in [0, 0.05) is 23.9 Å². The molecule has 1 fully saturated rings. The number of rotatable bonds is 6. The van der Waals surface area contributed by atoms with Crippen LogP contribution < -0.4 is 15.4 Å². The molecule has 5 nitrogen and oxygen atoms in total. The fourth-order valence-corrected chi connectivity index (χ4v) is 2.97. The van der Waals surface area contributed by atoms with E-state index in [1.165, 1.54) is 12.8 Å². The summed E-state index contributed by atoms with van der Waals surface area (Å²) in [4.78, 5) is 9.38. The third kappa shape index (κ3) is 4.23. The molecule has 5 heteroatoms. The standard InChI is InChI=1S/C19H26N4O/c1-3-16-12-18(21-13-14-8-10-20-11-9-14)23-19(22-16)15-4-6-17(24-2)7-5-15/h4-7,12,14,20H,3,8-11,13H2,1-2H3,(H,21,22,23). The molecule has 1 aliphatic heterocycles. The van der Waals surface area contributed by atoms with Gasteiger partial charge in [0.1, 0.15) is 11.6 Å². The predicted octanol–water partition coefficient (Wildman–Crippen LogP) is 3.13. The number of hydrogen-bond acceptors (Lipinski definition) is 5. The first kappa shape index (κ1) is 16.7. The summed E-state index contributed by atoms with van der Waals surface area (Å²) < 4.78 is 5.22. The van der Waals surface area contributed by atoms with E-state index in [2.05, 4.69) is 28.6 Å². The predicted molar refractivity (Wildman–Crippen MR) is 97.5 cm³/mol. The molecular formula is C19H26N4O. The molecule has 2 N–H and O–H groups in total. The number of aromatic nitrogens is 2. The zero-order valence-corrected chi connectivity index (χ0v) is 14.5. The molecular weight excluding hydrogens is 300 g/mol. The van der Waals surface area contributed by atoms with Crippen molar-refractivity contribution in [1.82, 2.24) is 15.3 Å².